The highest BCUT2D eigenvalue weighted by atomic mass is 32.1. The van der Waals surface area contributed by atoms with E-state index < -0.39 is 0 Å². The third-order valence-electron chi connectivity index (χ3n) is 5.00. The van der Waals surface area contributed by atoms with Gasteiger partial charge in [0.1, 0.15) is 15.6 Å². The second kappa shape index (κ2) is 8.00. The highest BCUT2D eigenvalue weighted by Crippen LogP contribution is 2.31. The normalized spacial score (nSPS) is 14.1. The minimum atomic E-state index is -0.362. The lowest BCUT2D eigenvalue weighted by atomic mass is 10.2. The van der Waals surface area contributed by atoms with E-state index in [4.69, 9.17) is 0 Å². The number of thiazole rings is 1. The highest BCUT2D eigenvalue weighted by Gasteiger charge is 2.28. The fourth-order valence-electron chi connectivity index (χ4n) is 3.48. The molecule has 0 aliphatic carbocycles. The average molecular weight is 408 g/mol. The third-order valence-corrected chi connectivity index (χ3v) is 6.19. The van der Waals surface area contributed by atoms with E-state index in [-0.39, 0.29) is 16.5 Å². The Balaban J connectivity index is 1.48. The molecule has 1 aliphatic rings. The lowest BCUT2D eigenvalue weighted by molar-refractivity contribution is -0.384. The standard InChI is InChI=1S/C21H20N4O3S/c1-15-19(29-20(22-15)16-7-3-2-4-8-16)21(26)24-13-11-23(12-14-24)17-9-5-6-10-18(17)25(27)28/h2-10H,11-14H2,1H3. The van der Waals surface area contributed by atoms with E-state index >= 15 is 0 Å². The van der Waals surface area contributed by atoms with Crippen LogP contribution in [0.2, 0.25) is 0 Å². The van der Waals surface area contributed by atoms with Gasteiger partial charge in [0.25, 0.3) is 11.6 Å². The maximum atomic E-state index is 13.1. The van der Waals surface area contributed by atoms with Crippen molar-refractivity contribution in [2.75, 3.05) is 31.1 Å². The van der Waals surface area contributed by atoms with Crippen LogP contribution < -0.4 is 4.90 Å². The number of carbonyl (C=O) groups excluding carboxylic acids is 1. The fraction of sp³-hybridized carbons (Fsp3) is 0.238. The van der Waals surface area contributed by atoms with Gasteiger partial charge < -0.3 is 9.80 Å². The molecular weight excluding hydrogens is 388 g/mol. The summed E-state index contributed by atoms with van der Waals surface area (Å²) in [5.41, 5.74) is 2.43. The van der Waals surface area contributed by atoms with Gasteiger partial charge in [-0.1, -0.05) is 42.5 Å². The zero-order chi connectivity index (χ0) is 20.4. The van der Waals surface area contributed by atoms with Gasteiger partial charge in [0.15, 0.2) is 0 Å². The van der Waals surface area contributed by atoms with Crippen LogP contribution in [0.15, 0.2) is 54.6 Å². The van der Waals surface area contributed by atoms with Gasteiger partial charge in [-0.25, -0.2) is 4.98 Å². The number of carbonyl (C=O) groups is 1. The summed E-state index contributed by atoms with van der Waals surface area (Å²) in [6.45, 7) is 4.01. The number of nitrogens with zero attached hydrogens (tertiary/aromatic N) is 4. The van der Waals surface area contributed by atoms with Crippen LogP contribution in [0, 0.1) is 17.0 Å². The average Bonchev–Trinajstić information content (AvgIpc) is 3.15. The molecule has 0 atom stereocenters. The first-order valence-electron chi connectivity index (χ1n) is 9.35. The number of hydrogen-bond acceptors (Lipinski definition) is 6. The van der Waals surface area contributed by atoms with Crippen LogP contribution in [0.3, 0.4) is 0 Å². The molecule has 1 fully saturated rings. The molecular formula is C21H20N4O3S. The summed E-state index contributed by atoms with van der Waals surface area (Å²) in [6, 6.07) is 16.6. The maximum Gasteiger partial charge on any atom is 0.292 e. The van der Waals surface area contributed by atoms with Gasteiger partial charge in [-0.2, -0.15) is 0 Å². The van der Waals surface area contributed by atoms with E-state index in [0.29, 0.717) is 36.7 Å². The predicted molar refractivity (Wildman–Crippen MR) is 113 cm³/mol. The molecule has 2 heterocycles. The van der Waals surface area contributed by atoms with Crippen LogP contribution in [0.4, 0.5) is 11.4 Å². The molecule has 1 aliphatic heterocycles. The number of aromatic nitrogens is 1. The van der Waals surface area contributed by atoms with E-state index in [2.05, 4.69) is 4.98 Å². The molecule has 148 valence electrons. The second-order valence-electron chi connectivity index (χ2n) is 6.82. The van der Waals surface area contributed by atoms with E-state index in [1.165, 1.54) is 17.4 Å². The molecule has 0 spiro atoms. The van der Waals surface area contributed by atoms with Gasteiger partial charge in [0.2, 0.25) is 0 Å². The number of amides is 1. The molecule has 0 unspecified atom stereocenters. The van der Waals surface area contributed by atoms with Crippen molar-refractivity contribution in [3.05, 3.63) is 75.3 Å². The van der Waals surface area contributed by atoms with Crippen molar-refractivity contribution in [3.8, 4) is 10.6 Å². The first-order valence-corrected chi connectivity index (χ1v) is 10.2. The predicted octanol–water partition coefficient (Wildman–Crippen LogP) is 3.99. The second-order valence-corrected chi connectivity index (χ2v) is 7.82. The van der Waals surface area contributed by atoms with Crippen LogP contribution in [-0.4, -0.2) is 46.9 Å². The third kappa shape index (κ3) is 3.84. The summed E-state index contributed by atoms with van der Waals surface area (Å²) < 4.78 is 0. The van der Waals surface area contributed by atoms with Gasteiger partial charge in [0.05, 0.1) is 10.6 Å². The number of hydrogen-bond donors (Lipinski definition) is 0. The molecule has 1 aromatic heterocycles. The SMILES string of the molecule is Cc1nc(-c2ccccc2)sc1C(=O)N1CCN(c2ccccc2[N+](=O)[O-])CC1. The van der Waals surface area contributed by atoms with Crippen molar-refractivity contribution in [1.82, 2.24) is 9.88 Å². The van der Waals surface area contributed by atoms with Crippen LogP contribution >= 0.6 is 11.3 Å². The van der Waals surface area contributed by atoms with Crippen LogP contribution in [0.25, 0.3) is 10.6 Å². The topological polar surface area (TPSA) is 79.6 Å². The van der Waals surface area contributed by atoms with Crippen LogP contribution in [0.1, 0.15) is 15.4 Å². The molecule has 2 aromatic carbocycles. The van der Waals surface area contributed by atoms with Gasteiger partial charge >= 0.3 is 0 Å². The maximum absolute atomic E-state index is 13.1. The van der Waals surface area contributed by atoms with Crippen molar-refractivity contribution in [2.45, 2.75) is 6.92 Å². The number of aryl methyl sites for hydroxylation is 1. The zero-order valence-electron chi connectivity index (χ0n) is 15.9. The molecule has 1 saturated heterocycles. The van der Waals surface area contributed by atoms with E-state index in [1.54, 1.807) is 23.1 Å². The first kappa shape index (κ1) is 19.1. The van der Waals surface area contributed by atoms with Crippen molar-refractivity contribution in [1.29, 1.82) is 0 Å². The number of benzene rings is 2. The molecule has 0 radical (unpaired) electrons. The lowest BCUT2D eigenvalue weighted by Crippen LogP contribution is -2.48. The minimum absolute atomic E-state index is 0.0237. The molecule has 29 heavy (non-hydrogen) atoms. The Morgan fingerprint density at radius 3 is 2.38 bits per heavy atom. The molecule has 0 N–H and O–H groups in total. The minimum Gasteiger partial charge on any atom is -0.362 e. The first-order chi connectivity index (χ1) is 14.0. The molecule has 0 saturated carbocycles. The summed E-state index contributed by atoms with van der Waals surface area (Å²) in [6.07, 6.45) is 0. The Morgan fingerprint density at radius 2 is 1.69 bits per heavy atom. The number of para-hydroxylation sites is 2. The Kier molecular flexibility index (Phi) is 5.26. The lowest BCUT2D eigenvalue weighted by Gasteiger charge is -2.35. The van der Waals surface area contributed by atoms with Crippen molar-refractivity contribution in [2.24, 2.45) is 0 Å². The number of nitro benzene ring substituents is 1. The number of anilines is 1. The fourth-order valence-corrected chi connectivity index (χ4v) is 4.52. The largest absolute Gasteiger partial charge is 0.362 e. The smallest absolute Gasteiger partial charge is 0.292 e. The molecule has 0 bridgehead atoms. The van der Waals surface area contributed by atoms with Gasteiger partial charge in [0, 0.05) is 37.8 Å². The van der Waals surface area contributed by atoms with E-state index in [1.807, 2.05) is 42.2 Å². The molecule has 7 nitrogen and oxygen atoms in total. The molecule has 8 heteroatoms. The van der Waals surface area contributed by atoms with Gasteiger partial charge in [-0.05, 0) is 13.0 Å². The zero-order valence-corrected chi connectivity index (χ0v) is 16.8. The Morgan fingerprint density at radius 1 is 1.03 bits per heavy atom. The van der Waals surface area contributed by atoms with Gasteiger partial charge in [-0.15, -0.1) is 11.3 Å². The monoisotopic (exact) mass is 408 g/mol. The van der Waals surface area contributed by atoms with Crippen LogP contribution in [-0.2, 0) is 0 Å². The van der Waals surface area contributed by atoms with E-state index in [9.17, 15) is 14.9 Å². The Bertz CT molecular complexity index is 1040. The Labute approximate surface area is 172 Å². The number of rotatable bonds is 4. The summed E-state index contributed by atoms with van der Waals surface area (Å²) >= 11 is 1.41. The van der Waals surface area contributed by atoms with Crippen LogP contribution in [0.5, 0.6) is 0 Å². The van der Waals surface area contributed by atoms with Crippen molar-refractivity contribution >= 4 is 28.6 Å². The molecule has 4 rings (SSSR count). The van der Waals surface area contributed by atoms with Crippen molar-refractivity contribution < 1.29 is 9.72 Å². The summed E-state index contributed by atoms with van der Waals surface area (Å²) in [5, 5.41) is 12.1. The quantitative estimate of drug-likeness (QED) is 0.482. The summed E-state index contributed by atoms with van der Waals surface area (Å²) in [7, 11) is 0. The number of nitro groups is 1. The summed E-state index contributed by atoms with van der Waals surface area (Å²) in [5.74, 6) is -0.0237. The van der Waals surface area contributed by atoms with E-state index in [0.717, 1.165) is 16.3 Å². The Hall–Kier alpha value is -3.26. The molecule has 1 amide bonds. The highest BCUT2D eigenvalue weighted by molar-refractivity contribution is 7.17. The molecule has 3 aromatic rings. The van der Waals surface area contributed by atoms with Gasteiger partial charge in [-0.3, -0.25) is 14.9 Å². The van der Waals surface area contributed by atoms with Crippen molar-refractivity contribution in [3.63, 3.8) is 0 Å². The number of piperazine rings is 1. The summed E-state index contributed by atoms with van der Waals surface area (Å²) in [4.78, 5) is 33.0.